The second-order valence-corrected chi connectivity index (χ2v) is 7.49. The number of nitrogens with one attached hydrogen (secondary N) is 2. The maximum Gasteiger partial charge on any atom is 0.255 e. The predicted octanol–water partition coefficient (Wildman–Crippen LogP) is 4.24. The fourth-order valence-corrected chi connectivity index (χ4v) is 3.13. The van der Waals surface area contributed by atoms with Gasteiger partial charge in [0.25, 0.3) is 11.8 Å². The van der Waals surface area contributed by atoms with Gasteiger partial charge in [0.2, 0.25) is 0 Å². The molecule has 8 nitrogen and oxygen atoms in total. The number of aromatic nitrogens is 3. The molecule has 3 aromatic heterocycles. The van der Waals surface area contributed by atoms with Crippen molar-refractivity contribution in [2.45, 2.75) is 0 Å². The number of pyridine rings is 3. The van der Waals surface area contributed by atoms with E-state index in [0.29, 0.717) is 28.3 Å². The molecule has 0 spiro atoms. The number of benzene rings is 1. The van der Waals surface area contributed by atoms with Gasteiger partial charge in [0.15, 0.2) is 0 Å². The zero-order valence-corrected chi connectivity index (χ0v) is 18.2. The van der Waals surface area contributed by atoms with E-state index >= 15 is 0 Å². The first-order valence-electron chi connectivity index (χ1n) is 10.2. The van der Waals surface area contributed by atoms with E-state index in [1.807, 2.05) is 24.3 Å². The third-order valence-corrected chi connectivity index (χ3v) is 4.85. The van der Waals surface area contributed by atoms with Crippen LogP contribution < -0.4 is 10.6 Å². The Balaban J connectivity index is 1.42. The van der Waals surface area contributed by atoms with Gasteiger partial charge in [-0.15, -0.1) is 0 Å². The number of carbonyl (C=O) groups is 2. The summed E-state index contributed by atoms with van der Waals surface area (Å²) in [5, 5.41) is 6.01. The summed E-state index contributed by atoms with van der Waals surface area (Å²) in [5.41, 5.74) is 4.30. The maximum atomic E-state index is 12.3. The van der Waals surface area contributed by atoms with E-state index in [-0.39, 0.29) is 11.8 Å². The monoisotopic (exact) mass is 438 g/mol. The number of hydrogen-bond acceptors (Lipinski definition) is 6. The van der Waals surface area contributed by atoms with E-state index in [2.05, 4.69) is 25.6 Å². The highest BCUT2D eigenvalue weighted by Crippen LogP contribution is 2.23. The second-order valence-electron chi connectivity index (χ2n) is 7.49. The largest absolute Gasteiger partial charge is 0.345 e. The second kappa shape index (κ2) is 9.69. The van der Waals surface area contributed by atoms with Gasteiger partial charge >= 0.3 is 0 Å². The quantitative estimate of drug-likeness (QED) is 0.467. The van der Waals surface area contributed by atoms with Gasteiger partial charge in [0, 0.05) is 49.4 Å². The van der Waals surface area contributed by atoms with Gasteiger partial charge in [-0.05, 0) is 48.0 Å². The van der Waals surface area contributed by atoms with E-state index in [1.165, 1.54) is 0 Å². The molecule has 0 saturated heterocycles. The van der Waals surface area contributed by atoms with Gasteiger partial charge in [-0.3, -0.25) is 19.6 Å². The Morgan fingerprint density at radius 2 is 1.45 bits per heavy atom. The van der Waals surface area contributed by atoms with Crippen molar-refractivity contribution in [3.05, 3.63) is 96.7 Å². The lowest BCUT2D eigenvalue weighted by atomic mass is 10.1. The summed E-state index contributed by atoms with van der Waals surface area (Å²) in [7, 11) is 3.46. The minimum Gasteiger partial charge on any atom is -0.345 e. The fourth-order valence-electron chi connectivity index (χ4n) is 3.13. The van der Waals surface area contributed by atoms with Crippen LogP contribution in [0.25, 0.3) is 11.1 Å². The van der Waals surface area contributed by atoms with Crippen LogP contribution in [0.4, 0.5) is 17.2 Å². The summed E-state index contributed by atoms with van der Waals surface area (Å²) in [6, 6.07) is 16.3. The molecule has 0 bridgehead atoms. The highest BCUT2D eigenvalue weighted by atomic mass is 16.2. The topological polar surface area (TPSA) is 100 Å². The van der Waals surface area contributed by atoms with Crippen LogP contribution in [0.1, 0.15) is 20.7 Å². The molecule has 1 aromatic carbocycles. The van der Waals surface area contributed by atoms with Crippen LogP contribution in [-0.2, 0) is 0 Å². The minimum atomic E-state index is -0.239. The third kappa shape index (κ3) is 5.37. The molecule has 0 fully saturated rings. The van der Waals surface area contributed by atoms with Crippen LogP contribution in [0.5, 0.6) is 0 Å². The van der Waals surface area contributed by atoms with Crippen LogP contribution in [-0.4, -0.2) is 45.8 Å². The molecule has 2 amide bonds. The minimum absolute atomic E-state index is 0.0352. The van der Waals surface area contributed by atoms with Gasteiger partial charge in [0.05, 0.1) is 23.8 Å². The van der Waals surface area contributed by atoms with Gasteiger partial charge < -0.3 is 15.5 Å². The van der Waals surface area contributed by atoms with E-state index in [9.17, 15) is 9.59 Å². The molecule has 0 unspecified atom stereocenters. The molecule has 0 saturated carbocycles. The number of anilines is 3. The van der Waals surface area contributed by atoms with Crippen LogP contribution in [0.3, 0.4) is 0 Å². The number of rotatable bonds is 6. The number of carbonyl (C=O) groups excluding carboxylic acids is 2. The van der Waals surface area contributed by atoms with Crippen LogP contribution in [0.15, 0.2) is 85.6 Å². The Hall–Kier alpha value is -4.59. The summed E-state index contributed by atoms with van der Waals surface area (Å²) in [4.78, 5) is 38.5. The first kappa shape index (κ1) is 21.6. The predicted molar refractivity (Wildman–Crippen MR) is 127 cm³/mol. The first-order valence-corrected chi connectivity index (χ1v) is 10.2. The Morgan fingerprint density at radius 1 is 0.758 bits per heavy atom. The highest BCUT2D eigenvalue weighted by Gasteiger charge is 2.09. The van der Waals surface area contributed by atoms with Gasteiger partial charge in [-0.1, -0.05) is 12.1 Å². The molecule has 0 aliphatic heterocycles. The molecule has 0 atom stereocenters. The molecule has 33 heavy (non-hydrogen) atoms. The molecule has 4 aromatic rings. The van der Waals surface area contributed by atoms with Gasteiger partial charge in [-0.25, -0.2) is 4.98 Å². The summed E-state index contributed by atoms with van der Waals surface area (Å²) in [6.07, 6.45) is 8.12. The van der Waals surface area contributed by atoms with Crippen molar-refractivity contribution >= 4 is 29.0 Å². The SMILES string of the molecule is CN(C)C(=O)c1ccc(-c2ccc(Nc3cncc(NC(=O)c4ccncc4)c3)nc2)cc1. The summed E-state index contributed by atoms with van der Waals surface area (Å²) in [5.74, 6) is 0.363. The average molecular weight is 438 g/mol. The number of hydrogen-bond donors (Lipinski definition) is 2. The molecule has 0 aliphatic carbocycles. The lowest BCUT2D eigenvalue weighted by Gasteiger charge is -2.11. The van der Waals surface area contributed by atoms with Crippen LogP contribution >= 0.6 is 0 Å². The van der Waals surface area contributed by atoms with Crippen molar-refractivity contribution in [2.24, 2.45) is 0 Å². The standard InChI is InChI=1S/C25H22N6O2/c1-31(2)25(33)19-5-3-17(4-6-19)20-7-8-23(28-14-20)29-21-13-22(16-27-15-21)30-24(32)18-9-11-26-12-10-18/h3-16H,1-2H3,(H,28,29)(H,30,32). The van der Waals surface area contributed by atoms with Crippen molar-refractivity contribution in [3.8, 4) is 11.1 Å². The Labute approximate surface area is 191 Å². The molecular formula is C25H22N6O2. The molecule has 164 valence electrons. The average Bonchev–Trinajstić information content (AvgIpc) is 2.85. The smallest absolute Gasteiger partial charge is 0.255 e. The van der Waals surface area contributed by atoms with Crippen molar-refractivity contribution in [1.82, 2.24) is 19.9 Å². The zero-order chi connectivity index (χ0) is 23.2. The van der Waals surface area contributed by atoms with Crippen molar-refractivity contribution < 1.29 is 9.59 Å². The Kier molecular flexibility index (Phi) is 6.36. The Bertz CT molecular complexity index is 1260. The molecular weight excluding hydrogens is 416 g/mol. The first-order chi connectivity index (χ1) is 16.0. The van der Waals surface area contributed by atoms with Crippen LogP contribution in [0.2, 0.25) is 0 Å². The van der Waals surface area contributed by atoms with E-state index in [0.717, 1.165) is 11.1 Å². The Morgan fingerprint density at radius 3 is 2.12 bits per heavy atom. The number of nitrogens with zero attached hydrogens (tertiary/aromatic N) is 4. The van der Waals surface area contributed by atoms with Crippen molar-refractivity contribution in [1.29, 1.82) is 0 Å². The van der Waals surface area contributed by atoms with Gasteiger partial charge in [0.1, 0.15) is 5.82 Å². The highest BCUT2D eigenvalue weighted by molar-refractivity contribution is 6.04. The summed E-state index contributed by atoms with van der Waals surface area (Å²) in [6.45, 7) is 0. The number of amides is 2. The summed E-state index contributed by atoms with van der Waals surface area (Å²) < 4.78 is 0. The van der Waals surface area contributed by atoms with Crippen molar-refractivity contribution in [3.63, 3.8) is 0 Å². The van der Waals surface area contributed by atoms with E-state index < -0.39 is 0 Å². The molecule has 0 radical (unpaired) electrons. The molecule has 0 aliphatic rings. The lowest BCUT2D eigenvalue weighted by molar-refractivity contribution is 0.0827. The molecule has 8 heteroatoms. The maximum absolute atomic E-state index is 12.3. The normalized spacial score (nSPS) is 10.4. The summed E-state index contributed by atoms with van der Waals surface area (Å²) >= 11 is 0. The molecule has 3 heterocycles. The lowest BCUT2D eigenvalue weighted by Crippen LogP contribution is -2.21. The van der Waals surface area contributed by atoms with E-state index in [4.69, 9.17) is 0 Å². The molecule has 4 rings (SSSR count). The van der Waals surface area contributed by atoms with Crippen molar-refractivity contribution in [2.75, 3.05) is 24.7 Å². The zero-order valence-electron chi connectivity index (χ0n) is 18.2. The fraction of sp³-hybridized carbons (Fsp3) is 0.0800. The third-order valence-electron chi connectivity index (χ3n) is 4.85. The van der Waals surface area contributed by atoms with Gasteiger partial charge in [-0.2, -0.15) is 0 Å². The van der Waals surface area contributed by atoms with Crippen LogP contribution in [0, 0.1) is 0 Å². The molecule has 2 N–H and O–H groups in total. The van der Waals surface area contributed by atoms with E-state index in [1.54, 1.807) is 80.3 Å².